The molecule has 0 unspecified atom stereocenters. The maximum atomic E-state index is 12.4. The molecule has 10 heteroatoms. The monoisotopic (exact) mass is 315 g/mol. The molecule has 0 aromatic heterocycles. The van der Waals surface area contributed by atoms with Crippen molar-refractivity contribution in [1.29, 1.82) is 0 Å². The van der Waals surface area contributed by atoms with E-state index in [0.717, 1.165) is 25.3 Å². The molecule has 1 aromatic carbocycles. The molecule has 0 spiro atoms. The summed E-state index contributed by atoms with van der Waals surface area (Å²) in [5.74, 6) is 5.28. The van der Waals surface area contributed by atoms with Gasteiger partial charge in [0, 0.05) is 25.2 Å². The number of nitro groups is 1. The minimum absolute atomic E-state index is 0.102. The average Bonchev–Trinajstić information content (AvgIpc) is 2.47. The van der Waals surface area contributed by atoms with Crippen LogP contribution in [0, 0.1) is 10.1 Å². The van der Waals surface area contributed by atoms with Crippen LogP contribution in [0.5, 0.6) is 0 Å². The Morgan fingerprint density at radius 1 is 1.24 bits per heavy atom. The summed E-state index contributed by atoms with van der Waals surface area (Å²) in [5.41, 5.74) is 2.03. The Kier molecular flexibility index (Phi) is 4.73. The molecule has 21 heavy (non-hydrogen) atoms. The SMILES string of the molecule is NNc1ccc([N+](=O)[O-])cc1S(=O)(=O)NN1CCCCC1. The quantitative estimate of drug-likeness (QED) is 0.411. The molecule has 1 aromatic rings. The number of nitrogen functional groups attached to an aromatic ring is 1. The van der Waals surface area contributed by atoms with Crippen molar-refractivity contribution < 1.29 is 13.3 Å². The van der Waals surface area contributed by atoms with Crippen LogP contribution in [-0.2, 0) is 10.0 Å². The first-order chi connectivity index (χ1) is 9.94. The lowest BCUT2D eigenvalue weighted by molar-refractivity contribution is -0.385. The minimum Gasteiger partial charge on any atom is -0.323 e. The van der Waals surface area contributed by atoms with Crippen LogP contribution in [0.1, 0.15) is 19.3 Å². The summed E-state index contributed by atoms with van der Waals surface area (Å²) in [6, 6.07) is 3.44. The first-order valence-corrected chi connectivity index (χ1v) is 7.95. The Balaban J connectivity index is 2.32. The fourth-order valence-electron chi connectivity index (χ4n) is 2.17. The maximum absolute atomic E-state index is 12.4. The molecule has 1 fully saturated rings. The van der Waals surface area contributed by atoms with Crippen LogP contribution >= 0.6 is 0 Å². The lowest BCUT2D eigenvalue weighted by atomic mass is 10.2. The van der Waals surface area contributed by atoms with Gasteiger partial charge in [-0.2, -0.15) is 0 Å². The van der Waals surface area contributed by atoms with Crippen molar-refractivity contribution in [2.75, 3.05) is 18.5 Å². The van der Waals surface area contributed by atoms with Gasteiger partial charge in [-0.25, -0.2) is 13.4 Å². The van der Waals surface area contributed by atoms with Crippen molar-refractivity contribution in [1.82, 2.24) is 9.84 Å². The van der Waals surface area contributed by atoms with Crippen LogP contribution in [0.2, 0.25) is 0 Å². The molecule has 0 radical (unpaired) electrons. The van der Waals surface area contributed by atoms with Crippen LogP contribution in [0.25, 0.3) is 0 Å². The number of nitrogens with one attached hydrogen (secondary N) is 2. The number of hydrogen-bond acceptors (Lipinski definition) is 7. The third kappa shape index (κ3) is 3.67. The second kappa shape index (κ2) is 6.35. The Morgan fingerprint density at radius 3 is 2.48 bits per heavy atom. The number of hydrazine groups is 2. The van der Waals surface area contributed by atoms with E-state index in [9.17, 15) is 18.5 Å². The molecule has 1 aliphatic rings. The predicted molar refractivity (Wildman–Crippen MR) is 76.7 cm³/mol. The molecule has 0 saturated carbocycles. The van der Waals surface area contributed by atoms with E-state index < -0.39 is 14.9 Å². The first-order valence-electron chi connectivity index (χ1n) is 6.46. The molecule has 2 rings (SSSR count). The number of benzene rings is 1. The van der Waals surface area contributed by atoms with E-state index in [0.29, 0.717) is 13.1 Å². The van der Waals surface area contributed by atoms with Crippen LogP contribution in [0.3, 0.4) is 0 Å². The van der Waals surface area contributed by atoms with Crippen molar-refractivity contribution >= 4 is 21.4 Å². The van der Waals surface area contributed by atoms with Crippen LogP contribution in [0.15, 0.2) is 23.1 Å². The zero-order valence-corrected chi connectivity index (χ0v) is 12.1. The van der Waals surface area contributed by atoms with Gasteiger partial charge >= 0.3 is 0 Å². The van der Waals surface area contributed by atoms with Crippen LogP contribution in [0.4, 0.5) is 11.4 Å². The first kappa shape index (κ1) is 15.6. The zero-order valence-electron chi connectivity index (χ0n) is 11.3. The second-order valence-corrected chi connectivity index (χ2v) is 6.35. The summed E-state index contributed by atoms with van der Waals surface area (Å²) in [7, 11) is -3.93. The fraction of sp³-hybridized carbons (Fsp3) is 0.455. The normalized spacial score (nSPS) is 16.6. The molecule has 9 nitrogen and oxygen atoms in total. The topological polar surface area (TPSA) is 131 Å². The Hall–Kier alpha value is -1.75. The van der Waals surface area contributed by atoms with Crippen molar-refractivity contribution in [3.63, 3.8) is 0 Å². The highest BCUT2D eigenvalue weighted by atomic mass is 32.2. The summed E-state index contributed by atoms with van der Waals surface area (Å²) in [4.78, 5) is 12.3. The van der Waals surface area contributed by atoms with Gasteiger partial charge < -0.3 is 5.43 Å². The molecular formula is C11H17N5O4S. The highest BCUT2D eigenvalue weighted by Crippen LogP contribution is 2.26. The van der Waals surface area contributed by atoms with Gasteiger partial charge in [-0.05, 0) is 18.9 Å². The number of rotatable bonds is 5. The fourth-order valence-corrected chi connectivity index (χ4v) is 3.48. The number of piperidine rings is 1. The Bertz CT molecular complexity index is 628. The number of nitrogens with zero attached hydrogens (tertiary/aromatic N) is 2. The van der Waals surface area contributed by atoms with Crippen LogP contribution < -0.4 is 16.1 Å². The van der Waals surface area contributed by atoms with Gasteiger partial charge in [-0.15, -0.1) is 4.83 Å². The van der Waals surface area contributed by atoms with E-state index in [1.165, 1.54) is 12.1 Å². The summed E-state index contributed by atoms with van der Waals surface area (Å²) in [5, 5.41) is 12.4. The van der Waals surface area contributed by atoms with Gasteiger partial charge in [0.1, 0.15) is 4.90 Å². The number of non-ortho nitro benzene ring substituents is 1. The van der Waals surface area contributed by atoms with Crippen molar-refractivity contribution in [3.05, 3.63) is 28.3 Å². The number of hydrogen-bond donors (Lipinski definition) is 3. The lowest BCUT2D eigenvalue weighted by Gasteiger charge is -2.26. The average molecular weight is 315 g/mol. The summed E-state index contributed by atoms with van der Waals surface area (Å²) >= 11 is 0. The Morgan fingerprint density at radius 2 is 1.90 bits per heavy atom. The summed E-state index contributed by atoms with van der Waals surface area (Å²) in [6.45, 7) is 1.22. The second-order valence-electron chi connectivity index (χ2n) is 4.72. The van der Waals surface area contributed by atoms with Crippen molar-refractivity contribution in [3.8, 4) is 0 Å². The predicted octanol–water partition coefficient (Wildman–Crippen LogP) is 0.560. The summed E-state index contributed by atoms with van der Waals surface area (Å²) < 4.78 is 24.8. The van der Waals surface area contributed by atoms with E-state index in [4.69, 9.17) is 5.84 Å². The third-order valence-electron chi connectivity index (χ3n) is 3.23. The number of nitro benzene ring substituents is 1. The molecular weight excluding hydrogens is 298 g/mol. The van der Waals surface area contributed by atoms with E-state index in [2.05, 4.69) is 10.3 Å². The molecule has 0 aliphatic carbocycles. The highest BCUT2D eigenvalue weighted by Gasteiger charge is 2.25. The molecule has 0 atom stereocenters. The van der Waals surface area contributed by atoms with Crippen molar-refractivity contribution in [2.24, 2.45) is 5.84 Å². The molecule has 116 valence electrons. The molecule has 4 N–H and O–H groups in total. The van der Waals surface area contributed by atoms with Crippen LogP contribution in [-0.4, -0.2) is 31.4 Å². The Labute approximate surface area is 122 Å². The van der Waals surface area contributed by atoms with Gasteiger partial charge in [0.15, 0.2) is 0 Å². The zero-order chi connectivity index (χ0) is 15.5. The maximum Gasteiger partial charge on any atom is 0.270 e. The van der Waals surface area contributed by atoms with E-state index in [1.807, 2.05) is 0 Å². The summed E-state index contributed by atoms with van der Waals surface area (Å²) in [6.07, 6.45) is 2.86. The standard InChI is InChI=1S/C11H17N5O4S/c12-13-10-5-4-9(16(17)18)8-11(10)21(19,20)14-15-6-2-1-3-7-15/h4-5,8,13-14H,1-3,6-7,12H2. The lowest BCUT2D eigenvalue weighted by Crippen LogP contribution is -2.45. The van der Waals surface area contributed by atoms with Gasteiger partial charge in [-0.1, -0.05) is 6.42 Å². The molecule has 1 saturated heterocycles. The number of nitrogens with two attached hydrogens (primary N) is 1. The van der Waals surface area contributed by atoms with Crippen molar-refractivity contribution in [2.45, 2.75) is 24.2 Å². The van der Waals surface area contributed by atoms with Gasteiger partial charge in [-0.3, -0.25) is 16.0 Å². The van der Waals surface area contributed by atoms with E-state index >= 15 is 0 Å². The largest absolute Gasteiger partial charge is 0.323 e. The van der Waals surface area contributed by atoms with Gasteiger partial charge in [0.05, 0.1) is 10.6 Å². The third-order valence-corrected chi connectivity index (χ3v) is 4.64. The molecule has 1 heterocycles. The van der Waals surface area contributed by atoms with E-state index in [1.54, 1.807) is 5.01 Å². The highest BCUT2D eigenvalue weighted by molar-refractivity contribution is 7.89. The molecule has 1 aliphatic heterocycles. The van der Waals surface area contributed by atoms with Gasteiger partial charge in [0.25, 0.3) is 15.7 Å². The molecule has 0 amide bonds. The molecule has 0 bridgehead atoms. The van der Waals surface area contributed by atoms with E-state index in [-0.39, 0.29) is 16.3 Å². The minimum atomic E-state index is -3.93. The smallest absolute Gasteiger partial charge is 0.270 e. The number of sulfonamides is 1. The number of anilines is 1. The van der Waals surface area contributed by atoms with Gasteiger partial charge in [0.2, 0.25) is 0 Å².